The molecule has 0 radical (unpaired) electrons. The van der Waals surface area contributed by atoms with Crippen LogP contribution in [0.15, 0.2) is 10.6 Å². The van der Waals surface area contributed by atoms with Gasteiger partial charge in [0.25, 0.3) is 0 Å². The molecule has 0 spiro atoms. The average molecular weight is 252 g/mol. The van der Waals surface area contributed by atoms with Crippen LogP contribution in [0.4, 0.5) is 5.82 Å². The molecule has 1 aliphatic heterocycles. The molecule has 18 heavy (non-hydrogen) atoms. The third-order valence-corrected chi connectivity index (χ3v) is 3.03. The number of carbonyl (C=O) groups is 1. The van der Waals surface area contributed by atoms with Crippen LogP contribution in [0, 0.1) is 12.8 Å². The van der Waals surface area contributed by atoms with E-state index in [0.717, 1.165) is 19.5 Å². The first-order valence-electron chi connectivity index (χ1n) is 6.24. The van der Waals surface area contributed by atoms with Crippen molar-refractivity contribution in [1.29, 1.82) is 0 Å². The first kappa shape index (κ1) is 13.0. The Bertz CT molecular complexity index is 408. The number of aryl methyl sites for hydroxylation is 1. The van der Waals surface area contributed by atoms with Gasteiger partial charge in [-0.15, -0.1) is 0 Å². The molecule has 0 aromatic carbocycles. The molecule has 2 atom stereocenters. The summed E-state index contributed by atoms with van der Waals surface area (Å²) in [6, 6.07) is 1.86. The standard InChI is InChI=1S/C12H20N4O2/c1-8-3-10(13)6-16(5-8)7-12(17)14-11-4-9(2)18-15-11/h4,8,10H,3,5-7,13H2,1-2H3,(H,14,15,17). The Morgan fingerprint density at radius 3 is 3.06 bits per heavy atom. The van der Waals surface area contributed by atoms with E-state index in [4.69, 9.17) is 10.3 Å². The number of carbonyl (C=O) groups excluding carboxylic acids is 1. The highest BCUT2D eigenvalue weighted by atomic mass is 16.5. The van der Waals surface area contributed by atoms with Crippen molar-refractivity contribution in [3.63, 3.8) is 0 Å². The zero-order valence-corrected chi connectivity index (χ0v) is 10.8. The summed E-state index contributed by atoms with van der Waals surface area (Å²) in [6.07, 6.45) is 1.03. The van der Waals surface area contributed by atoms with Crippen LogP contribution in [0.2, 0.25) is 0 Å². The first-order valence-corrected chi connectivity index (χ1v) is 6.24. The maximum Gasteiger partial charge on any atom is 0.239 e. The Kier molecular flexibility index (Phi) is 3.98. The molecule has 1 aromatic rings. The highest BCUT2D eigenvalue weighted by molar-refractivity contribution is 5.91. The van der Waals surface area contributed by atoms with Crippen LogP contribution < -0.4 is 11.1 Å². The van der Waals surface area contributed by atoms with Crippen molar-refractivity contribution in [2.45, 2.75) is 26.3 Å². The molecular formula is C12H20N4O2. The molecule has 0 aliphatic carbocycles. The van der Waals surface area contributed by atoms with Gasteiger partial charge in [-0.1, -0.05) is 12.1 Å². The number of aromatic nitrogens is 1. The molecule has 6 heteroatoms. The number of likely N-dealkylation sites (tertiary alicyclic amines) is 1. The zero-order valence-electron chi connectivity index (χ0n) is 10.8. The zero-order chi connectivity index (χ0) is 13.1. The normalized spacial score (nSPS) is 25.1. The third kappa shape index (κ3) is 3.54. The van der Waals surface area contributed by atoms with E-state index in [0.29, 0.717) is 24.0 Å². The molecule has 0 saturated carbocycles. The SMILES string of the molecule is Cc1cc(NC(=O)CN2CC(C)CC(N)C2)no1. The van der Waals surface area contributed by atoms with Crippen LogP contribution in [-0.4, -0.2) is 41.6 Å². The Morgan fingerprint density at radius 2 is 2.44 bits per heavy atom. The quantitative estimate of drug-likeness (QED) is 0.822. The van der Waals surface area contributed by atoms with Gasteiger partial charge in [-0.2, -0.15) is 0 Å². The molecule has 1 fully saturated rings. The number of nitrogens with two attached hydrogens (primary N) is 1. The van der Waals surface area contributed by atoms with E-state index < -0.39 is 0 Å². The van der Waals surface area contributed by atoms with Gasteiger partial charge in [-0.25, -0.2) is 0 Å². The molecule has 1 amide bonds. The minimum atomic E-state index is -0.0791. The molecule has 1 aliphatic rings. The number of nitrogens with one attached hydrogen (secondary N) is 1. The molecule has 1 saturated heterocycles. The van der Waals surface area contributed by atoms with E-state index in [1.807, 2.05) is 0 Å². The summed E-state index contributed by atoms with van der Waals surface area (Å²) in [5, 5.41) is 6.44. The van der Waals surface area contributed by atoms with Crippen LogP contribution in [0.5, 0.6) is 0 Å². The van der Waals surface area contributed by atoms with Gasteiger partial charge in [0.05, 0.1) is 6.54 Å². The van der Waals surface area contributed by atoms with E-state index in [2.05, 4.69) is 22.3 Å². The summed E-state index contributed by atoms with van der Waals surface area (Å²) < 4.78 is 4.89. The Balaban J connectivity index is 1.83. The average Bonchev–Trinajstić information content (AvgIpc) is 2.61. The fraction of sp³-hybridized carbons (Fsp3) is 0.667. The van der Waals surface area contributed by atoms with Gasteiger partial charge in [-0.05, 0) is 19.3 Å². The maximum atomic E-state index is 11.8. The van der Waals surface area contributed by atoms with E-state index in [-0.39, 0.29) is 11.9 Å². The topological polar surface area (TPSA) is 84.4 Å². The highest BCUT2D eigenvalue weighted by Crippen LogP contribution is 2.15. The number of hydrogen-bond acceptors (Lipinski definition) is 5. The van der Waals surface area contributed by atoms with Crippen LogP contribution in [-0.2, 0) is 4.79 Å². The van der Waals surface area contributed by atoms with E-state index >= 15 is 0 Å². The van der Waals surface area contributed by atoms with Crippen LogP contribution >= 0.6 is 0 Å². The lowest BCUT2D eigenvalue weighted by Gasteiger charge is -2.34. The van der Waals surface area contributed by atoms with Crippen LogP contribution in [0.3, 0.4) is 0 Å². The van der Waals surface area contributed by atoms with Gasteiger partial charge >= 0.3 is 0 Å². The van der Waals surface area contributed by atoms with E-state index in [9.17, 15) is 4.79 Å². The van der Waals surface area contributed by atoms with Crippen LogP contribution in [0.1, 0.15) is 19.1 Å². The predicted molar refractivity (Wildman–Crippen MR) is 68.1 cm³/mol. The number of rotatable bonds is 3. The summed E-state index contributed by atoms with van der Waals surface area (Å²) in [5.41, 5.74) is 5.95. The molecule has 2 heterocycles. The summed E-state index contributed by atoms with van der Waals surface area (Å²) in [4.78, 5) is 13.9. The van der Waals surface area contributed by atoms with Crippen molar-refractivity contribution in [2.75, 3.05) is 25.0 Å². The minimum Gasteiger partial charge on any atom is -0.360 e. The second-order valence-electron chi connectivity index (χ2n) is 5.17. The number of nitrogens with zero attached hydrogens (tertiary/aromatic N) is 2. The van der Waals surface area contributed by atoms with Crippen molar-refractivity contribution in [3.8, 4) is 0 Å². The fourth-order valence-electron chi connectivity index (χ4n) is 2.45. The van der Waals surface area contributed by atoms with Crippen molar-refractivity contribution in [3.05, 3.63) is 11.8 Å². The molecule has 2 unspecified atom stereocenters. The molecule has 1 aromatic heterocycles. The lowest BCUT2D eigenvalue weighted by Crippen LogP contribution is -2.48. The lowest BCUT2D eigenvalue weighted by molar-refractivity contribution is -0.117. The van der Waals surface area contributed by atoms with Gasteiger partial charge < -0.3 is 15.6 Å². The van der Waals surface area contributed by atoms with E-state index in [1.165, 1.54) is 0 Å². The Hall–Kier alpha value is -1.40. The lowest BCUT2D eigenvalue weighted by atomic mass is 9.97. The van der Waals surface area contributed by atoms with Crippen molar-refractivity contribution >= 4 is 11.7 Å². The monoisotopic (exact) mass is 252 g/mol. The van der Waals surface area contributed by atoms with Gasteiger partial charge in [0.2, 0.25) is 5.91 Å². The number of anilines is 1. The molecular weight excluding hydrogens is 232 g/mol. The van der Waals surface area contributed by atoms with Crippen molar-refractivity contribution in [1.82, 2.24) is 10.1 Å². The summed E-state index contributed by atoms with van der Waals surface area (Å²) in [6.45, 7) is 5.98. The molecule has 3 N–H and O–H groups in total. The maximum absolute atomic E-state index is 11.8. The second kappa shape index (κ2) is 5.49. The smallest absolute Gasteiger partial charge is 0.239 e. The largest absolute Gasteiger partial charge is 0.360 e. The summed E-state index contributed by atoms with van der Waals surface area (Å²) >= 11 is 0. The molecule has 2 rings (SSSR count). The third-order valence-electron chi connectivity index (χ3n) is 3.03. The second-order valence-corrected chi connectivity index (χ2v) is 5.17. The number of amides is 1. The molecule has 6 nitrogen and oxygen atoms in total. The minimum absolute atomic E-state index is 0.0791. The fourth-order valence-corrected chi connectivity index (χ4v) is 2.45. The van der Waals surface area contributed by atoms with Crippen LogP contribution in [0.25, 0.3) is 0 Å². The highest BCUT2D eigenvalue weighted by Gasteiger charge is 2.23. The first-order chi connectivity index (χ1) is 8.52. The van der Waals surface area contributed by atoms with Gasteiger partial charge in [0.1, 0.15) is 5.76 Å². The van der Waals surface area contributed by atoms with Gasteiger partial charge in [0.15, 0.2) is 5.82 Å². The Morgan fingerprint density at radius 1 is 1.67 bits per heavy atom. The van der Waals surface area contributed by atoms with Crippen molar-refractivity contribution in [2.24, 2.45) is 11.7 Å². The van der Waals surface area contributed by atoms with Gasteiger partial charge in [0, 0.05) is 25.2 Å². The van der Waals surface area contributed by atoms with E-state index in [1.54, 1.807) is 13.0 Å². The number of hydrogen-bond donors (Lipinski definition) is 2. The molecule has 0 bridgehead atoms. The van der Waals surface area contributed by atoms with Crippen molar-refractivity contribution < 1.29 is 9.32 Å². The summed E-state index contributed by atoms with van der Waals surface area (Å²) in [7, 11) is 0. The number of piperidine rings is 1. The van der Waals surface area contributed by atoms with Gasteiger partial charge in [-0.3, -0.25) is 9.69 Å². The Labute approximate surface area is 106 Å². The molecule has 100 valence electrons. The predicted octanol–water partition coefficient (Wildman–Crippen LogP) is 0.591. The summed E-state index contributed by atoms with van der Waals surface area (Å²) in [5.74, 6) is 1.60.